The van der Waals surface area contributed by atoms with Crippen molar-refractivity contribution in [3.8, 4) is 5.75 Å². The number of benzene rings is 1. The maximum Gasteiger partial charge on any atom is 0.338 e. The first-order valence-corrected chi connectivity index (χ1v) is 6.64. The Morgan fingerprint density at radius 1 is 1.36 bits per heavy atom. The van der Waals surface area contributed by atoms with Crippen LogP contribution in [0.3, 0.4) is 0 Å². The lowest BCUT2D eigenvalue weighted by Crippen LogP contribution is -2.28. The van der Waals surface area contributed by atoms with Crippen LogP contribution in [0.1, 0.15) is 18.5 Å². The largest absolute Gasteiger partial charge is 0.497 e. The molecule has 0 amide bonds. The summed E-state index contributed by atoms with van der Waals surface area (Å²) >= 11 is 0. The fraction of sp³-hybridized carbons (Fsp3) is 0.286. The lowest BCUT2D eigenvalue weighted by molar-refractivity contribution is -0.136. The van der Waals surface area contributed by atoms with Crippen molar-refractivity contribution in [1.29, 1.82) is 0 Å². The number of nitrogens with one attached hydrogen (secondary N) is 1. The third-order valence-corrected chi connectivity index (χ3v) is 3.57. The summed E-state index contributed by atoms with van der Waals surface area (Å²) in [6.07, 6.45) is 0. The Morgan fingerprint density at radius 2 is 2.18 bits per heavy atom. The Hall–Kier alpha value is -2.90. The molecule has 0 saturated heterocycles. The standard InChI is InChI=1S/C14H15N5O3/c1-8-11(13(20)22-3)12(15-14-16-17-18-19(8)14)9-5-4-6-10(7-9)21-2/h4-7,12H,1-3H3,(H,15,16,18). The molecular formula is C14H15N5O3. The summed E-state index contributed by atoms with van der Waals surface area (Å²) in [4.78, 5) is 12.2. The van der Waals surface area contributed by atoms with Gasteiger partial charge < -0.3 is 14.8 Å². The molecule has 0 radical (unpaired) electrons. The molecule has 1 aromatic heterocycles. The van der Waals surface area contributed by atoms with Crippen molar-refractivity contribution in [1.82, 2.24) is 20.2 Å². The van der Waals surface area contributed by atoms with Gasteiger partial charge in [0, 0.05) is 0 Å². The van der Waals surface area contributed by atoms with Crippen LogP contribution in [0.2, 0.25) is 0 Å². The SMILES string of the molecule is COC(=O)C1=C(C)n2nnnc2NC1c1cccc(OC)c1. The highest BCUT2D eigenvalue weighted by atomic mass is 16.5. The molecule has 8 heteroatoms. The Bertz CT molecular complexity index is 752. The van der Waals surface area contributed by atoms with Gasteiger partial charge in [-0.2, -0.15) is 4.68 Å². The van der Waals surface area contributed by atoms with E-state index in [1.165, 1.54) is 11.8 Å². The third kappa shape index (κ3) is 2.18. The zero-order valence-electron chi connectivity index (χ0n) is 12.4. The maximum atomic E-state index is 12.2. The summed E-state index contributed by atoms with van der Waals surface area (Å²) in [5, 5.41) is 14.6. The topological polar surface area (TPSA) is 91.2 Å². The number of carbonyl (C=O) groups excluding carboxylic acids is 1. The van der Waals surface area contributed by atoms with Crippen LogP contribution in [-0.4, -0.2) is 40.4 Å². The van der Waals surface area contributed by atoms with Crippen LogP contribution >= 0.6 is 0 Å². The molecule has 0 spiro atoms. The average Bonchev–Trinajstić information content (AvgIpc) is 3.03. The van der Waals surface area contributed by atoms with E-state index in [2.05, 4.69) is 20.8 Å². The van der Waals surface area contributed by atoms with Gasteiger partial charge in [-0.3, -0.25) is 0 Å². The lowest BCUT2D eigenvalue weighted by atomic mass is 9.95. The number of allylic oxidation sites excluding steroid dienone is 1. The first kappa shape index (κ1) is 14.1. The van der Waals surface area contributed by atoms with E-state index in [0.717, 1.165) is 5.56 Å². The van der Waals surface area contributed by atoms with E-state index < -0.39 is 12.0 Å². The van der Waals surface area contributed by atoms with Gasteiger partial charge in [0.2, 0.25) is 5.95 Å². The van der Waals surface area contributed by atoms with Crippen molar-refractivity contribution in [2.45, 2.75) is 13.0 Å². The summed E-state index contributed by atoms with van der Waals surface area (Å²) in [6, 6.07) is 7.03. The van der Waals surface area contributed by atoms with E-state index in [1.807, 2.05) is 24.3 Å². The molecule has 0 bridgehead atoms. The van der Waals surface area contributed by atoms with E-state index in [9.17, 15) is 4.79 Å². The Labute approximate surface area is 126 Å². The number of fused-ring (bicyclic) bond motifs is 1. The zero-order chi connectivity index (χ0) is 15.7. The molecule has 2 aromatic rings. The van der Waals surface area contributed by atoms with E-state index in [1.54, 1.807) is 14.0 Å². The van der Waals surface area contributed by atoms with Crippen molar-refractivity contribution in [2.24, 2.45) is 0 Å². The number of rotatable bonds is 3. The summed E-state index contributed by atoms with van der Waals surface area (Å²) in [5.74, 6) is 0.739. The van der Waals surface area contributed by atoms with Crippen molar-refractivity contribution >= 4 is 17.6 Å². The third-order valence-electron chi connectivity index (χ3n) is 3.57. The van der Waals surface area contributed by atoms with Crippen LogP contribution in [0.25, 0.3) is 5.70 Å². The molecule has 8 nitrogen and oxygen atoms in total. The number of esters is 1. The normalized spacial score (nSPS) is 16.8. The van der Waals surface area contributed by atoms with E-state index in [0.29, 0.717) is 23.0 Å². The van der Waals surface area contributed by atoms with E-state index in [4.69, 9.17) is 9.47 Å². The molecule has 0 fully saturated rings. The molecule has 1 aliphatic heterocycles. The van der Waals surface area contributed by atoms with Crippen molar-refractivity contribution < 1.29 is 14.3 Å². The molecule has 22 heavy (non-hydrogen) atoms. The maximum absolute atomic E-state index is 12.2. The summed E-state index contributed by atoms with van der Waals surface area (Å²) in [7, 11) is 2.94. The Morgan fingerprint density at radius 3 is 2.91 bits per heavy atom. The minimum absolute atomic E-state index is 0.416. The predicted molar refractivity (Wildman–Crippen MR) is 78.1 cm³/mol. The van der Waals surface area contributed by atoms with Crippen LogP contribution in [0.5, 0.6) is 5.75 Å². The minimum Gasteiger partial charge on any atom is -0.497 e. The number of tetrazole rings is 1. The second kappa shape index (κ2) is 5.47. The number of anilines is 1. The van der Waals surface area contributed by atoms with Gasteiger partial charge in [-0.1, -0.05) is 17.2 Å². The first-order valence-electron chi connectivity index (χ1n) is 6.64. The molecule has 0 aliphatic carbocycles. The molecule has 3 rings (SSSR count). The van der Waals surface area contributed by atoms with E-state index >= 15 is 0 Å². The molecule has 1 aliphatic rings. The second-order valence-electron chi connectivity index (χ2n) is 4.76. The van der Waals surface area contributed by atoms with Crippen LogP contribution in [0.4, 0.5) is 5.95 Å². The van der Waals surface area contributed by atoms with Crippen LogP contribution in [-0.2, 0) is 9.53 Å². The number of nitrogens with zero attached hydrogens (tertiary/aromatic N) is 4. The smallest absolute Gasteiger partial charge is 0.338 e. The predicted octanol–water partition coefficient (Wildman–Crippen LogP) is 1.25. The summed E-state index contributed by atoms with van der Waals surface area (Å²) in [5.41, 5.74) is 1.93. The fourth-order valence-corrected chi connectivity index (χ4v) is 2.47. The number of hydrogen-bond acceptors (Lipinski definition) is 7. The number of methoxy groups -OCH3 is 2. The Balaban J connectivity index is 2.13. The second-order valence-corrected chi connectivity index (χ2v) is 4.76. The Kier molecular flexibility index (Phi) is 3.50. The molecule has 114 valence electrons. The van der Waals surface area contributed by atoms with Crippen LogP contribution in [0.15, 0.2) is 29.8 Å². The average molecular weight is 301 g/mol. The number of carbonyl (C=O) groups is 1. The molecule has 2 heterocycles. The number of aromatic nitrogens is 4. The van der Waals surface area contributed by atoms with Gasteiger partial charge in [-0.05, 0) is 35.0 Å². The van der Waals surface area contributed by atoms with Gasteiger partial charge in [0.15, 0.2) is 0 Å². The molecule has 1 atom stereocenters. The first-order chi connectivity index (χ1) is 10.7. The van der Waals surface area contributed by atoms with Crippen molar-refractivity contribution in [2.75, 3.05) is 19.5 Å². The highest BCUT2D eigenvalue weighted by Crippen LogP contribution is 2.35. The molecule has 1 aromatic carbocycles. The number of ether oxygens (including phenoxy) is 2. The van der Waals surface area contributed by atoms with Gasteiger partial charge >= 0.3 is 5.97 Å². The summed E-state index contributed by atoms with van der Waals surface area (Å²) < 4.78 is 11.6. The van der Waals surface area contributed by atoms with Crippen LogP contribution < -0.4 is 10.1 Å². The van der Waals surface area contributed by atoms with Gasteiger partial charge in [0.25, 0.3) is 0 Å². The van der Waals surface area contributed by atoms with Crippen molar-refractivity contribution in [3.63, 3.8) is 0 Å². The van der Waals surface area contributed by atoms with Gasteiger partial charge in [-0.25, -0.2) is 4.79 Å². The minimum atomic E-state index is -0.432. The molecule has 1 N–H and O–H groups in total. The molecule has 0 saturated carbocycles. The molecule has 1 unspecified atom stereocenters. The highest BCUT2D eigenvalue weighted by molar-refractivity contribution is 5.97. The van der Waals surface area contributed by atoms with Crippen LogP contribution in [0, 0.1) is 0 Å². The summed E-state index contributed by atoms with van der Waals surface area (Å²) in [6.45, 7) is 1.78. The number of hydrogen-bond donors (Lipinski definition) is 1. The quantitative estimate of drug-likeness (QED) is 0.853. The van der Waals surface area contributed by atoms with Gasteiger partial charge in [-0.15, -0.1) is 0 Å². The fourth-order valence-electron chi connectivity index (χ4n) is 2.47. The van der Waals surface area contributed by atoms with Gasteiger partial charge in [0.05, 0.1) is 31.5 Å². The lowest BCUT2D eigenvalue weighted by Gasteiger charge is -2.27. The van der Waals surface area contributed by atoms with E-state index in [-0.39, 0.29) is 0 Å². The molecular weight excluding hydrogens is 286 g/mol. The van der Waals surface area contributed by atoms with Gasteiger partial charge in [0.1, 0.15) is 5.75 Å². The highest BCUT2D eigenvalue weighted by Gasteiger charge is 2.33. The zero-order valence-corrected chi connectivity index (χ0v) is 12.4. The van der Waals surface area contributed by atoms with Crippen molar-refractivity contribution in [3.05, 3.63) is 35.4 Å². The monoisotopic (exact) mass is 301 g/mol.